The van der Waals surface area contributed by atoms with Gasteiger partial charge in [-0.25, -0.2) is 4.39 Å². The van der Waals surface area contributed by atoms with Gasteiger partial charge < -0.3 is 4.90 Å². The van der Waals surface area contributed by atoms with E-state index in [4.69, 9.17) is 0 Å². The molecule has 7 heteroatoms. The van der Waals surface area contributed by atoms with Gasteiger partial charge in [-0.1, -0.05) is 30.3 Å². The summed E-state index contributed by atoms with van der Waals surface area (Å²) in [5.74, 6) is -0.528. The Labute approximate surface area is 197 Å². The summed E-state index contributed by atoms with van der Waals surface area (Å²) >= 11 is 0. The van der Waals surface area contributed by atoms with Gasteiger partial charge in [-0.2, -0.15) is 5.10 Å². The zero-order chi connectivity index (χ0) is 23.7. The SMILES string of the molecule is Cc1ccccc1-c1ccc2[nH]nc(C(=O)N3CCN(CC(=O)c4ccc(F)cc4)CC3)c2c1. The molecule has 4 aromatic rings. The van der Waals surface area contributed by atoms with Crippen LogP contribution < -0.4 is 0 Å². The monoisotopic (exact) mass is 456 g/mol. The first-order chi connectivity index (χ1) is 16.5. The number of Topliss-reactive ketones (excluding diaryl/α,β-unsaturated/α-hetero) is 1. The molecular formula is C27H25FN4O2. The highest BCUT2D eigenvalue weighted by molar-refractivity contribution is 6.05. The Morgan fingerprint density at radius 1 is 0.971 bits per heavy atom. The summed E-state index contributed by atoms with van der Waals surface area (Å²) in [6.45, 7) is 4.54. The number of benzene rings is 3. The summed E-state index contributed by atoms with van der Waals surface area (Å²) in [4.78, 5) is 29.6. The van der Waals surface area contributed by atoms with Crippen LogP contribution in [0.5, 0.6) is 0 Å². The van der Waals surface area contributed by atoms with Crippen molar-refractivity contribution in [3.8, 4) is 11.1 Å². The number of fused-ring (bicyclic) bond motifs is 1. The van der Waals surface area contributed by atoms with Crippen molar-refractivity contribution in [2.24, 2.45) is 0 Å². The molecule has 1 saturated heterocycles. The molecule has 0 saturated carbocycles. The number of aromatic amines is 1. The highest BCUT2D eigenvalue weighted by Crippen LogP contribution is 2.28. The number of H-pyrrole nitrogens is 1. The van der Waals surface area contributed by atoms with Crippen molar-refractivity contribution < 1.29 is 14.0 Å². The normalized spacial score (nSPS) is 14.5. The second kappa shape index (κ2) is 9.19. The Hall–Kier alpha value is -3.84. The number of aromatic nitrogens is 2. The third-order valence-corrected chi connectivity index (χ3v) is 6.41. The number of hydrogen-bond acceptors (Lipinski definition) is 4. The van der Waals surface area contributed by atoms with Crippen molar-refractivity contribution >= 4 is 22.6 Å². The van der Waals surface area contributed by atoms with Gasteiger partial charge in [0, 0.05) is 37.1 Å². The molecule has 0 radical (unpaired) electrons. The van der Waals surface area contributed by atoms with Gasteiger partial charge in [0.2, 0.25) is 0 Å². The number of amides is 1. The van der Waals surface area contributed by atoms with Gasteiger partial charge in [0.25, 0.3) is 5.91 Å². The summed E-state index contributed by atoms with van der Waals surface area (Å²) in [7, 11) is 0. The summed E-state index contributed by atoms with van der Waals surface area (Å²) in [5.41, 5.74) is 5.08. The number of piperazine rings is 1. The molecule has 6 nitrogen and oxygen atoms in total. The number of rotatable bonds is 5. The van der Waals surface area contributed by atoms with Crippen LogP contribution in [0.15, 0.2) is 66.7 Å². The highest BCUT2D eigenvalue weighted by atomic mass is 19.1. The molecular weight excluding hydrogens is 431 g/mol. The van der Waals surface area contributed by atoms with Crippen LogP contribution in [0.1, 0.15) is 26.4 Å². The van der Waals surface area contributed by atoms with Crippen molar-refractivity contribution in [2.75, 3.05) is 32.7 Å². The standard InChI is InChI=1S/C27H25FN4O2/c1-18-4-2-3-5-22(18)20-8-11-24-23(16-20)26(30-29-24)27(34)32-14-12-31(13-15-32)17-25(33)19-6-9-21(28)10-7-19/h2-11,16H,12-15,17H2,1H3,(H,29,30). The first kappa shape index (κ1) is 22.0. The van der Waals surface area contributed by atoms with Crippen molar-refractivity contribution in [2.45, 2.75) is 6.92 Å². The summed E-state index contributed by atoms with van der Waals surface area (Å²) < 4.78 is 13.1. The van der Waals surface area contributed by atoms with E-state index < -0.39 is 0 Å². The molecule has 0 aliphatic carbocycles. The van der Waals surface area contributed by atoms with E-state index in [1.54, 1.807) is 4.90 Å². The van der Waals surface area contributed by atoms with Gasteiger partial charge in [0.05, 0.1) is 12.1 Å². The lowest BCUT2D eigenvalue weighted by Gasteiger charge is -2.34. The maximum atomic E-state index is 13.3. The molecule has 2 heterocycles. The zero-order valence-electron chi connectivity index (χ0n) is 18.9. The summed E-state index contributed by atoms with van der Waals surface area (Å²) in [5, 5.41) is 8.11. The first-order valence-corrected chi connectivity index (χ1v) is 11.3. The lowest BCUT2D eigenvalue weighted by molar-refractivity contribution is 0.0621. The fourth-order valence-electron chi connectivity index (χ4n) is 4.43. The fourth-order valence-corrected chi connectivity index (χ4v) is 4.43. The Morgan fingerprint density at radius 3 is 2.44 bits per heavy atom. The fraction of sp³-hybridized carbons (Fsp3) is 0.222. The number of nitrogens with zero attached hydrogens (tertiary/aromatic N) is 3. The number of carbonyl (C=O) groups excluding carboxylic acids is 2. The molecule has 172 valence electrons. The maximum Gasteiger partial charge on any atom is 0.275 e. The molecule has 34 heavy (non-hydrogen) atoms. The van der Waals surface area contributed by atoms with Crippen molar-refractivity contribution in [3.63, 3.8) is 0 Å². The van der Waals surface area contributed by atoms with Crippen LogP contribution in [-0.4, -0.2) is 64.4 Å². The predicted octanol–water partition coefficient (Wildman–Crippen LogP) is 4.32. The number of carbonyl (C=O) groups is 2. The third kappa shape index (κ3) is 4.34. The van der Waals surface area contributed by atoms with Crippen molar-refractivity contribution in [3.05, 3.63) is 89.4 Å². The van der Waals surface area contributed by atoms with Crippen LogP contribution >= 0.6 is 0 Å². The van der Waals surface area contributed by atoms with E-state index in [2.05, 4.69) is 29.3 Å². The highest BCUT2D eigenvalue weighted by Gasteiger charge is 2.26. The molecule has 1 aliphatic rings. The first-order valence-electron chi connectivity index (χ1n) is 11.3. The Bertz CT molecular complexity index is 1350. The Morgan fingerprint density at radius 2 is 1.71 bits per heavy atom. The molecule has 1 aliphatic heterocycles. The van der Waals surface area contributed by atoms with E-state index in [1.807, 2.05) is 35.2 Å². The lowest BCUT2D eigenvalue weighted by Crippen LogP contribution is -2.50. The van der Waals surface area contributed by atoms with E-state index in [0.717, 1.165) is 22.0 Å². The average Bonchev–Trinajstić information content (AvgIpc) is 3.28. The van der Waals surface area contributed by atoms with Gasteiger partial charge >= 0.3 is 0 Å². The second-order valence-electron chi connectivity index (χ2n) is 8.65. The number of hydrogen-bond donors (Lipinski definition) is 1. The Kier molecular flexibility index (Phi) is 5.94. The van der Waals surface area contributed by atoms with Gasteiger partial charge in [0.15, 0.2) is 11.5 Å². The summed E-state index contributed by atoms with van der Waals surface area (Å²) in [6, 6.07) is 19.8. The van der Waals surface area contributed by atoms with Crippen LogP contribution in [0.25, 0.3) is 22.0 Å². The van der Waals surface area contributed by atoms with Crippen molar-refractivity contribution in [1.29, 1.82) is 0 Å². The molecule has 3 aromatic carbocycles. The van der Waals surface area contributed by atoms with Crippen LogP contribution in [0.3, 0.4) is 0 Å². The van der Waals surface area contributed by atoms with Crippen LogP contribution in [0.4, 0.5) is 4.39 Å². The van der Waals surface area contributed by atoms with Crippen LogP contribution in [0.2, 0.25) is 0 Å². The van der Waals surface area contributed by atoms with E-state index in [-0.39, 0.29) is 24.1 Å². The maximum absolute atomic E-state index is 13.3. The van der Waals surface area contributed by atoms with E-state index >= 15 is 0 Å². The molecule has 1 N–H and O–H groups in total. The minimum Gasteiger partial charge on any atom is -0.335 e. The van der Waals surface area contributed by atoms with E-state index in [1.165, 1.54) is 29.8 Å². The van der Waals surface area contributed by atoms with Crippen molar-refractivity contribution in [1.82, 2.24) is 20.0 Å². The molecule has 1 amide bonds. The number of halogens is 1. The minimum atomic E-state index is -0.361. The summed E-state index contributed by atoms with van der Waals surface area (Å²) in [6.07, 6.45) is 0. The van der Waals surface area contributed by atoms with Gasteiger partial charge in [-0.3, -0.25) is 19.6 Å². The molecule has 0 spiro atoms. The minimum absolute atomic E-state index is 0.0539. The molecule has 5 rings (SSSR count). The van der Waals surface area contributed by atoms with Gasteiger partial charge in [-0.05, 0) is 60.0 Å². The largest absolute Gasteiger partial charge is 0.335 e. The number of aryl methyl sites for hydroxylation is 1. The second-order valence-corrected chi connectivity index (χ2v) is 8.65. The molecule has 0 atom stereocenters. The van der Waals surface area contributed by atoms with Gasteiger partial charge in [0.1, 0.15) is 5.82 Å². The van der Waals surface area contributed by atoms with E-state index in [0.29, 0.717) is 37.4 Å². The topological polar surface area (TPSA) is 69.3 Å². The molecule has 0 bridgehead atoms. The molecule has 0 unspecified atom stereocenters. The van der Waals surface area contributed by atoms with Gasteiger partial charge in [-0.15, -0.1) is 0 Å². The zero-order valence-corrected chi connectivity index (χ0v) is 18.9. The number of nitrogens with one attached hydrogen (secondary N) is 1. The lowest BCUT2D eigenvalue weighted by atomic mass is 9.99. The predicted molar refractivity (Wildman–Crippen MR) is 129 cm³/mol. The van der Waals surface area contributed by atoms with Crippen LogP contribution in [-0.2, 0) is 0 Å². The Balaban J connectivity index is 1.28. The number of ketones is 1. The smallest absolute Gasteiger partial charge is 0.275 e. The molecule has 1 fully saturated rings. The quantitative estimate of drug-likeness (QED) is 0.454. The molecule has 1 aromatic heterocycles. The van der Waals surface area contributed by atoms with Crippen LogP contribution in [0, 0.1) is 12.7 Å². The average molecular weight is 457 g/mol. The van der Waals surface area contributed by atoms with E-state index in [9.17, 15) is 14.0 Å². The third-order valence-electron chi connectivity index (χ3n) is 6.41.